The van der Waals surface area contributed by atoms with Gasteiger partial charge in [-0.3, -0.25) is 0 Å². The van der Waals surface area contributed by atoms with E-state index < -0.39 is 11.6 Å². The molecule has 1 heterocycles. The molecule has 4 rings (SSSR count). The van der Waals surface area contributed by atoms with Gasteiger partial charge in [0.05, 0.1) is 19.2 Å². The molecule has 0 aromatic heterocycles. The van der Waals surface area contributed by atoms with Crippen LogP contribution in [-0.4, -0.2) is 48.9 Å². The van der Waals surface area contributed by atoms with E-state index in [-0.39, 0.29) is 12.2 Å². The van der Waals surface area contributed by atoms with Gasteiger partial charge in [-0.15, -0.1) is 0 Å². The molecule has 1 atom stereocenters. The van der Waals surface area contributed by atoms with Crippen LogP contribution in [0.25, 0.3) is 21.9 Å². The summed E-state index contributed by atoms with van der Waals surface area (Å²) < 4.78 is 16.8. The lowest BCUT2D eigenvalue weighted by Gasteiger charge is -2.24. The highest BCUT2D eigenvalue weighted by Crippen LogP contribution is 2.35. The van der Waals surface area contributed by atoms with Gasteiger partial charge in [-0.1, -0.05) is 36.4 Å². The predicted molar refractivity (Wildman–Crippen MR) is 128 cm³/mol. The molecule has 0 saturated carbocycles. The van der Waals surface area contributed by atoms with Gasteiger partial charge in [0.1, 0.15) is 17.5 Å². The Labute approximate surface area is 194 Å². The van der Waals surface area contributed by atoms with Crippen molar-refractivity contribution in [2.75, 3.05) is 20.2 Å². The van der Waals surface area contributed by atoms with Crippen molar-refractivity contribution in [3.63, 3.8) is 0 Å². The van der Waals surface area contributed by atoms with Gasteiger partial charge >= 0.3 is 12.1 Å². The summed E-state index contributed by atoms with van der Waals surface area (Å²) in [4.78, 5) is 26.3. The number of carbonyl (C=O) groups excluding carboxylic acids is 2. The molecule has 0 N–H and O–H groups in total. The van der Waals surface area contributed by atoms with E-state index >= 15 is 0 Å². The molecule has 0 unspecified atom stereocenters. The van der Waals surface area contributed by atoms with E-state index in [1.54, 1.807) is 23.1 Å². The monoisotopic (exact) mass is 447 g/mol. The minimum Gasteiger partial charge on any atom is -0.488 e. The van der Waals surface area contributed by atoms with Crippen LogP contribution in [0, 0.1) is 0 Å². The summed E-state index contributed by atoms with van der Waals surface area (Å²) in [6, 6.07) is 19.6. The van der Waals surface area contributed by atoms with Gasteiger partial charge in [0, 0.05) is 18.5 Å². The first-order valence-corrected chi connectivity index (χ1v) is 11.1. The molecule has 0 spiro atoms. The zero-order valence-corrected chi connectivity index (χ0v) is 19.5. The Hall–Kier alpha value is -3.54. The summed E-state index contributed by atoms with van der Waals surface area (Å²) >= 11 is 0. The zero-order valence-electron chi connectivity index (χ0n) is 19.5. The molecule has 33 heavy (non-hydrogen) atoms. The minimum absolute atomic E-state index is 0.166. The molecule has 1 aliphatic heterocycles. The van der Waals surface area contributed by atoms with Crippen molar-refractivity contribution in [3.05, 3.63) is 66.2 Å². The van der Waals surface area contributed by atoms with Gasteiger partial charge in [0.15, 0.2) is 0 Å². The smallest absolute Gasteiger partial charge is 0.410 e. The first-order chi connectivity index (χ1) is 15.7. The molecule has 1 aliphatic rings. The van der Waals surface area contributed by atoms with Gasteiger partial charge in [-0.05, 0) is 61.4 Å². The highest BCUT2D eigenvalue weighted by Gasteiger charge is 2.31. The molecule has 1 amide bonds. The lowest BCUT2D eigenvalue weighted by Crippen LogP contribution is -2.36. The van der Waals surface area contributed by atoms with E-state index in [0.29, 0.717) is 30.8 Å². The molecule has 1 saturated heterocycles. The van der Waals surface area contributed by atoms with Crippen molar-refractivity contribution in [1.82, 2.24) is 4.90 Å². The van der Waals surface area contributed by atoms with Crippen LogP contribution in [0.1, 0.15) is 37.6 Å². The van der Waals surface area contributed by atoms with E-state index in [1.165, 1.54) is 7.11 Å². The fourth-order valence-corrected chi connectivity index (χ4v) is 3.96. The van der Waals surface area contributed by atoms with Gasteiger partial charge in [0.25, 0.3) is 0 Å². The summed E-state index contributed by atoms with van der Waals surface area (Å²) in [6.45, 7) is 6.59. The molecular formula is C27H29NO5. The molecule has 6 heteroatoms. The number of ether oxygens (including phenoxy) is 3. The zero-order chi connectivity index (χ0) is 23.6. The molecule has 6 nitrogen and oxygen atoms in total. The first-order valence-electron chi connectivity index (χ1n) is 11.1. The normalized spacial score (nSPS) is 16.0. The van der Waals surface area contributed by atoms with E-state index in [1.807, 2.05) is 39.0 Å². The molecule has 0 aliphatic carbocycles. The topological polar surface area (TPSA) is 65.1 Å². The van der Waals surface area contributed by atoms with Crippen LogP contribution in [0.15, 0.2) is 60.7 Å². The summed E-state index contributed by atoms with van der Waals surface area (Å²) in [7, 11) is 1.37. The Morgan fingerprint density at radius 2 is 1.73 bits per heavy atom. The van der Waals surface area contributed by atoms with Gasteiger partial charge < -0.3 is 19.1 Å². The fraction of sp³-hybridized carbons (Fsp3) is 0.333. The van der Waals surface area contributed by atoms with Crippen LogP contribution in [-0.2, 0) is 9.47 Å². The predicted octanol–water partition coefficient (Wildman–Crippen LogP) is 5.68. The second kappa shape index (κ2) is 9.14. The molecule has 0 bridgehead atoms. The third-order valence-electron chi connectivity index (χ3n) is 5.55. The summed E-state index contributed by atoms with van der Waals surface area (Å²) in [5, 5.41) is 2.23. The third kappa shape index (κ3) is 5.28. The second-order valence-corrected chi connectivity index (χ2v) is 9.22. The number of fused-ring (bicyclic) bond motifs is 1. The van der Waals surface area contributed by atoms with Gasteiger partial charge in [0.2, 0.25) is 0 Å². The number of amides is 1. The maximum absolute atomic E-state index is 12.4. The lowest BCUT2D eigenvalue weighted by atomic mass is 9.98. The number of hydrogen-bond acceptors (Lipinski definition) is 5. The van der Waals surface area contributed by atoms with E-state index in [0.717, 1.165) is 21.9 Å². The average Bonchev–Trinajstić information content (AvgIpc) is 3.26. The van der Waals surface area contributed by atoms with E-state index in [9.17, 15) is 9.59 Å². The van der Waals surface area contributed by atoms with Crippen molar-refractivity contribution in [2.24, 2.45) is 0 Å². The minimum atomic E-state index is -0.539. The van der Waals surface area contributed by atoms with E-state index in [4.69, 9.17) is 14.2 Å². The SMILES string of the molecule is COC(=O)c1ccc(O[C@H]2CCN(C(=O)OC(C)(C)C)C2)c(-c2ccc3ccccc3c2)c1. The number of esters is 1. The van der Waals surface area contributed by atoms with Crippen molar-refractivity contribution in [2.45, 2.75) is 38.9 Å². The van der Waals surface area contributed by atoms with E-state index in [2.05, 4.69) is 24.3 Å². The van der Waals surface area contributed by atoms with Crippen LogP contribution in [0.3, 0.4) is 0 Å². The summed E-state index contributed by atoms with van der Waals surface area (Å²) in [5.74, 6) is 0.259. The van der Waals surface area contributed by atoms with Crippen LogP contribution >= 0.6 is 0 Å². The largest absolute Gasteiger partial charge is 0.488 e. The molecule has 3 aromatic rings. The number of hydrogen-bond donors (Lipinski definition) is 0. The Morgan fingerprint density at radius 1 is 0.970 bits per heavy atom. The van der Waals surface area contributed by atoms with Crippen molar-refractivity contribution < 1.29 is 23.8 Å². The first kappa shape index (κ1) is 22.6. The van der Waals surface area contributed by atoms with Crippen LogP contribution in [0.4, 0.5) is 4.79 Å². The molecule has 172 valence electrons. The van der Waals surface area contributed by atoms with Crippen molar-refractivity contribution in [3.8, 4) is 16.9 Å². The molecular weight excluding hydrogens is 418 g/mol. The average molecular weight is 448 g/mol. The molecule has 0 radical (unpaired) electrons. The molecule has 1 fully saturated rings. The Balaban J connectivity index is 1.61. The standard InChI is InChI=1S/C27H29NO5/c1-27(2,3)33-26(30)28-14-13-22(17-28)32-24-12-11-21(25(29)31-4)16-23(24)20-10-9-18-7-5-6-8-19(18)15-20/h5-12,15-16,22H,13-14,17H2,1-4H3/t22-/m0/s1. The number of rotatable bonds is 4. The van der Waals surface area contributed by atoms with Crippen LogP contribution in [0.2, 0.25) is 0 Å². The summed E-state index contributed by atoms with van der Waals surface area (Å²) in [5.41, 5.74) is 1.66. The highest BCUT2D eigenvalue weighted by molar-refractivity contribution is 5.93. The Bertz CT molecular complexity index is 1180. The molecule has 3 aromatic carbocycles. The number of nitrogens with zero attached hydrogens (tertiary/aromatic N) is 1. The highest BCUT2D eigenvalue weighted by atomic mass is 16.6. The maximum Gasteiger partial charge on any atom is 0.410 e. The second-order valence-electron chi connectivity index (χ2n) is 9.22. The number of benzene rings is 3. The Kier molecular flexibility index (Phi) is 6.27. The van der Waals surface area contributed by atoms with Crippen molar-refractivity contribution >= 4 is 22.8 Å². The third-order valence-corrected chi connectivity index (χ3v) is 5.55. The lowest BCUT2D eigenvalue weighted by molar-refractivity contribution is 0.0275. The maximum atomic E-state index is 12.4. The van der Waals surface area contributed by atoms with Crippen molar-refractivity contribution in [1.29, 1.82) is 0 Å². The van der Waals surface area contributed by atoms with Gasteiger partial charge in [-0.2, -0.15) is 0 Å². The number of carbonyl (C=O) groups is 2. The van der Waals surface area contributed by atoms with Gasteiger partial charge in [-0.25, -0.2) is 9.59 Å². The number of methoxy groups -OCH3 is 1. The summed E-state index contributed by atoms with van der Waals surface area (Å²) in [6.07, 6.45) is 0.208. The number of likely N-dealkylation sites (tertiary alicyclic amines) is 1. The van der Waals surface area contributed by atoms with Crippen LogP contribution < -0.4 is 4.74 Å². The quantitative estimate of drug-likeness (QED) is 0.481. The Morgan fingerprint density at radius 3 is 2.45 bits per heavy atom. The fourth-order valence-electron chi connectivity index (χ4n) is 3.96. The van der Waals surface area contributed by atoms with Crippen LogP contribution in [0.5, 0.6) is 5.75 Å².